The summed E-state index contributed by atoms with van der Waals surface area (Å²) in [5.41, 5.74) is 0.0605. The highest BCUT2D eigenvalue weighted by Gasteiger charge is 2.56. The van der Waals surface area contributed by atoms with Crippen molar-refractivity contribution in [3.63, 3.8) is 0 Å². The molecule has 1 amide bonds. The van der Waals surface area contributed by atoms with Crippen molar-refractivity contribution in [2.24, 2.45) is 0 Å². The van der Waals surface area contributed by atoms with E-state index >= 15 is 0 Å². The first-order valence-electron chi connectivity index (χ1n) is 7.56. The molecule has 0 aliphatic carbocycles. The largest absolute Gasteiger partial charge is 0.444 e. The van der Waals surface area contributed by atoms with Crippen LogP contribution in [0.3, 0.4) is 0 Å². The summed E-state index contributed by atoms with van der Waals surface area (Å²) >= 11 is 0. The summed E-state index contributed by atoms with van der Waals surface area (Å²) in [5.74, 6) is -0.0273. The third-order valence-electron chi connectivity index (χ3n) is 3.53. The maximum absolute atomic E-state index is 12.6. The number of carbonyl (C=O) groups is 2. The summed E-state index contributed by atoms with van der Waals surface area (Å²) in [7, 11) is 0. The SMILES string of the molecule is C=CCCC1C(C(=O)c2ccccc2)N1C(=O)OC(C)(C)C. The monoisotopic (exact) mass is 301 g/mol. The molecule has 0 saturated carbocycles. The van der Waals surface area contributed by atoms with Gasteiger partial charge in [0.2, 0.25) is 0 Å². The molecule has 0 spiro atoms. The molecule has 22 heavy (non-hydrogen) atoms. The van der Waals surface area contributed by atoms with Crippen LogP contribution in [0.5, 0.6) is 0 Å². The van der Waals surface area contributed by atoms with Crippen LogP contribution in [-0.4, -0.2) is 34.5 Å². The molecule has 1 heterocycles. The van der Waals surface area contributed by atoms with E-state index in [1.54, 1.807) is 23.1 Å². The van der Waals surface area contributed by atoms with Crippen LogP contribution in [0.15, 0.2) is 43.0 Å². The molecule has 118 valence electrons. The van der Waals surface area contributed by atoms with Crippen molar-refractivity contribution in [2.45, 2.75) is 51.3 Å². The van der Waals surface area contributed by atoms with Crippen molar-refractivity contribution in [3.8, 4) is 0 Å². The maximum atomic E-state index is 12.6. The van der Waals surface area contributed by atoms with Gasteiger partial charge in [0.15, 0.2) is 5.78 Å². The molecule has 1 aromatic rings. The molecule has 4 heteroatoms. The van der Waals surface area contributed by atoms with Crippen LogP contribution in [0.2, 0.25) is 0 Å². The number of carbonyl (C=O) groups excluding carboxylic acids is 2. The highest BCUT2D eigenvalue weighted by atomic mass is 16.6. The molecule has 0 radical (unpaired) electrons. The second kappa shape index (κ2) is 6.34. The van der Waals surface area contributed by atoms with Crippen molar-refractivity contribution in [2.75, 3.05) is 0 Å². The van der Waals surface area contributed by atoms with Crippen LogP contribution in [0.4, 0.5) is 4.79 Å². The minimum absolute atomic E-state index is 0.0273. The average molecular weight is 301 g/mol. The van der Waals surface area contributed by atoms with Gasteiger partial charge in [0.25, 0.3) is 0 Å². The van der Waals surface area contributed by atoms with Crippen LogP contribution in [0.25, 0.3) is 0 Å². The van der Waals surface area contributed by atoms with Gasteiger partial charge in [0.1, 0.15) is 11.6 Å². The number of ether oxygens (including phenoxy) is 1. The zero-order valence-corrected chi connectivity index (χ0v) is 13.4. The summed E-state index contributed by atoms with van der Waals surface area (Å²) < 4.78 is 5.40. The van der Waals surface area contributed by atoms with E-state index in [1.807, 2.05) is 39.0 Å². The lowest BCUT2D eigenvalue weighted by atomic mass is 10.0. The predicted molar refractivity (Wildman–Crippen MR) is 85.9 cm³/mol. The number of amides is 1. The molecule has 4 nitrogen and oxygen atoms in total. The molecule has 2 atom stereocenters. The van der Waals surface area contributed by atoms with Crippen LogP contribution in [0.1, 0.15) is 44.0 Å². The molecule has 0 N–H and O–H groups in total. The fraction of sp³-hybridized carbons (Fsp3) is 0.444. The molecule has 2 unspecified atom stereocenters. The van der Waals surface area contributed by atoms with Gasteiger partial charge in [-0.1, -0.05) is 36.4 Å². The van der Waals surface area contributed by atoms with Crippen molar-refractivity contribution in [3.05, 3.63) is 48.6 Å². The van der Waals surface area contributed by atoms with E-state index in [9.17, 15) is 9.59 Å². The maximum Gasteiger partial charge on any atom is 0.411 e. The lowest BCUT2D eigenvalue weighted by molar-refractivity contribution is 0.0387. The van der Waals surface area contributed by atoms with E-state index in [1.165, 1.54) is 0 Å². The molecule has 1 aromatic carbocycles. The normalized spacial score (nSPS) is 20.4. The third-order valence-corrected chi connectivity index (χ3v) is 3.53. The predicted octanol–water partition coefficient (Wildman–Crippen LogP) is 3.82. The van der Waals surface area contributed by atoms with E-state index in [-0.39, 0.29) is 11.8 Å². The summed E-state index contributed by atoms with van der Waals surface area (Å²) in [6, 6.07) is 8.55. The second-order valence-corrected chi connectivity index (χ2v) is 6.50. The van der Waals surface area contributed by atoms with Crippen molar-refractivity contribution in [1.82, 2.24) is 4.90 Å². The van der Waals surface area contributed by atoms with Crippen molar-refractivity contribution < 1.29 is 14.3 Å². The zero-order valence-electron chi connectivity index (χ0n) is 13.4. The Hall–Kier alpha value is -2.10. The lowest BCUT2D eigenvalue weighted by Crippen LogP contribution is -2.29. The Kier molecular flexibility index (Phi) is 4.69. The summed E-state index contributed by atoms with van der Waals surface area (Å²) in [4.78, 5) is 26.4. The van der Waals surface area contributed by atoms with Crippen molar-refractivity contribution >= 4 is 11.9 Å². The summed E-state index contributed by atoms with van der Waals surface area (Å²) in [6.45, 7) is 9.16. The smallest absolute Gasteiger partial charge is 0.411 e. The van der Waals surface area contributed by atoms with Crippen LogP contribution >= 0.6 is 0 Å². The van der Waals surface area contributed by atoms with E-state index in [2.05, 4.69) is 6.58 Å². The number of rotatable bonds is 5. The highest BCUT2D eigenvalue weighted by molar-refractivity contribution is 6.05. The number of benzene rings is 1. The Balaban J connectivity index is 2.12. The number of hydrogen-bond acceptors (Lipinski definition) is 3. The molecule has 1 aliphatic heterocycles. The first-order chi connectivity index (χ1) is 10.3. The second-order valence-electron chi connectivity index (χ2n) is 6.50. The van der Waals surface area contributed by atoms with Gasteiger partial charge in [-0.3, -0.25) is 9.69 Å². The molecule has 1 aliphatic rings. The van der Waals surface area contributed by atoms with Gasteiger partial charge < -0.3 is 4.74 Å². The van der Waals surface area contributed by atoms with Gasteiger partial charge in [-0.05, 0) is 33.6 Å². The minimum Gasteiger partial charge on any atom is -0.444 e. The Morgan fingerprint density at radius 1 is 1.27 bits per heavy atom. The fourth-order valence-corrected chi connectivity index (χ4v) is 2.50. The number of allylic oxidation sites excluding steroid dienone is 1. The van der Waals surface area contributed by atoms with Crippen LogP contribution in [0, 0.1) is 0 Å². The van der Waals surface area contributed by atoms with Gasteiger partial charge >= 0.3 is 6.09 Å². The zero-order chi connectivity index (χ0) is 16.3. The molecule has 1 saturated heterocycles. The number of ketones is 1. The molecule has 0 aromatic heterocycles. The molecule has 1 fully saturated rings. The number of Topliss-reactive ketones (excluding diaryl/α,β-unsaturated/α-hetero) is 1. The Morgan fingerprint density at radius 2 is 1.91 bits per heavy atom. The summed E-state index contributed by atoms with van der Waals surface area (Å²) in [5, 5.41) is 0. The lowest BCUT2D eigenvalue weighted by Gasteiger charge is -2.20. The van der Waals surface area contributed by atoms with Crippen LogP contribution in [-0.2, 0) is 4.74 Å². The van der Waals surface area contributed by atoms with Gasteiger partial charge in [0, 0.05) is 5.56 Å². The number of nitrogens with zero attached hydrogens (tertiary/aromatic N) is 1. The minimum atomic E-state index is -0.566. The van der Waals surface area contributed by atoms with Crippen molar-refractivity contribution in [1.29, 1.82) is 0 Å². The van der Waals surface area contributed by atoms with E-state index in [4.69, 9.17) is 4.74 Å². The van der Waals surface area contributed by atoms with Gasteiger partial charge in [-0.25, -0.2) is 4.79 Å². The molecular weight excluding hydrogens is 278 g/mol. The third kappa shape index (κ3) is 3.75. The fourth-order valence-electron chi connectivity index (χ4n) is 2.50. The summed E-state index contributed by atoms with van der Waals surface area (Å²) in [6.07, 6.45) is 2.88. The Morgan fingerprint density at radius 3 is 2.45 bits per heavy atom. The number of hydrogen-bond donors (Lipinski definition) is 0. The Labute approximate surface area is 131 Å². The first-order valence-corrected chi connectivity index (χ1v) is 7.56. The topological polar surface area (TPSA) is 46.4 Å². The first kappa shape index (κ1) is 16.3. The quantitative estimate of drug-likeness (QED) is 0.472. The molecular formula is C18H23NO3. The average Bonchev–Trinajstić information content (AvgIpc) is 3.18. The van der Waals surface area contributed by atoms with E-state index < -0.39 is 17.7 Å². The molecule has 0 bridgehead atoms. The van der Waals surface area contributed by atoms with Gasteiger partial charge in [-0.2, -0.15) is 0 Å². The van der Waals surface area contributed by atoms with E-state index in [0.717, 1.165) is 12.8 Å². The van der Waals surface area contributed by atoms with Gasteiger partial charge in [0.05, 0.1) is 6.04 Å². The van der Waals surface area contributed by atoms with Gasteiger partial charge in [-0.15, -0.1) is 6.58 Å². The van der Waals surface area contributed by atoms with Crippen LogP contribution < -0.4 is 0 Å². The standard InChI is InChI=1S/C18H23NO3/c1-5-6-12-14-15(16(20)13-10-8-7-9-11-13)19(14)17(21)22-18(2,3)4/h5,7-11,14-15H,1,6,12H2,2-4H3. The molecule has 2 rings (SSSR count). The Bertz CT molecular complexity index is 559. The highest BCUT2D eigenvalue weighted by Crippen LogP contribution is 2.36. The van der Waals surface area contributed by atoms with E-state index in [0.29, 0.717) is 5.56 Å².